The Morgan fingerprint density at radius 2 is 1.68 bits per heavy atom. The average Bonchev–Trinajstić information content (AvgIpc) is 2.63. The van der Waals surface area contributed by atoms with Crippen LogP contribution in [-0.2, 0) is 16.1 Å². The van der Waals surface area contributed by atoms with Gasteiger partial charge in [0.2, 0.25) is 5.91 Å². The van der Waals surface area contributed by atoms with Crippen LogP contribution in [0.25, 0.3) is 0 Å². The highest BCUT2D eigenvalue weighted by molar-refractivity contribution is 6.35. The minimum absolute atomic E-state index is 0.157. The van der Waals surface area contributed by atoms with E-state index in [1.54, 1.807) is 25.1 Å². The summed E-state index contributed by atoms with van der Waals surface area (Å²) in [5.74, 6) is 0.0428. The van der Waals surface area contributed by atoms with Crippen LogP contribution in [-0.4, -0.2) is 34.9 Å². The quantitative estimate of drug-likeness (QED) is 0.602. The molecule has 2 rings (SSSR count). The second kappa shape index (κ2) is 10.4. The number of ether oxygens (including phenoxy) is 1. The van der Waals surface area contributed by atoms with Gasteiger partial charge in [0, 0.05) is 22.1 Å². The molecule has 0 saturated carbocycles. The topological polar surface area (TPSA) is 58.6 Å². The first-order valence-corrected chi connectivity index (χ1v) is 10.9. The van der Waals surface area contributed by atoms with Crippen molar-refractivity contribution >= 4 is 35.0 Å². The Kier molecular flexibility index (Phi) is 8.38. The van der Waals surface area contributed by atoms with E-state index in [-0.39, 0.29) is 25.0 Å². The highest BCUT2D eigenvalue weighted by Gasteiger charge is 2.29. The zero-order valence-electron chi connectivity index (χ0n) is 18.9. The summed E-state index contributed by atoms with van der Waals surface area (Å²) < 4.78 is 5.75. The van der Waals surface area contributed by atoms with Crippen LogP contribution in [0.2, 0.25) is 10.0 Å². The SMILES string of the molecule is Cc1cc(C)cc(OCC(=O)N(Cc2ccc(Cl)cc2Cl)[C@H](C)C(=O)NC(C)(C)C)c1. The molecule has 0 aliphatic carbocycles. The molecule has 2 amide bonds. The van der Waals surface area contributed by atoms with Crippen LogP contribution in [0.4, 0.5) is 0 Å². The minimum atomic E-state index is -0.721. The molecule has 0 heterocycles. The number of benzene rings is 2. The molecule has 0 aliphatic heterocycles. The molecule has 0 aromatic heterocycles. The Bertz CT molecular complexity index is 934. The van der Waals surface area contributed by atoms with Crippen LogP contribution in [0.3, 0.4) is 0 Å². The van der Waals surface area contributed by atoms with Gasteiger partial charge in [0.15, 0.2) is 6.61 Å². The van der Waals surface area contributed by atoms with E-state index >= 15 is 0 Å². The van der Waals surface area contributed by atoms with Gasteiger partial charge in [-0.05, 0) is 82.5 Å². The van der Waals surface area contributed by atoms with E-state index in [0.717, 1.165) is 11.1 Å². The van der Waals surface area contributed by atoms with Crippen molar-refractivity contribution in [3.8, 4) is 5.75 Å². The van der Waals surface area contributed by atoms with Gasteiger partial charge in [-0.3, -0.25) is 9.59 Å². The van der Waals surface area contributed by atoms with Gasteiger partial charge < -0.3 is 15.0 Å². The van der Waals surface area contributed by atoms with Gasteiger partial charge in [0.25, 0.3) is 5.91 Å². The highest BCUT2D eigenvalue weighted by atomic mass is 35.5. The van der Waals surface area contributed by atoms with E-state index in [1.165, 1.54) is 4.90 Å². The van der Waals surface area contributed by atoms with E-state index in [0.29, 0.717) is 21.4 Å². The molecule has 1 N–H and O–H groups in total. The standard InChI is InChI=1S/C24H30Cl2N2O3/c1-15-9-16(2)11-20(10-15)31-14-22(29)28(17(3)23(30)27-24(4,5)6)13-18-7-8-19(25)12-21(18)26/h7-12,17H,13-14H2,1-6H3,(H,27,30)/t17-/m1/s1. The fourth-order valence-electron chi connectivity index (χ4n) is 3.13. The summed E-state index contributed by atoms with van der Waals surface area (Å²) in [6.07, 6.45) is 0. The molecule has 168 valence electrons. The van der Waals surface area contributed by atoms with Crippen molar-refractivity contribution in [2.45, 2.75) is 59.7 Å². The zero-order valence-corrected chi connectivity index (χ0v) is 20.4. The number of halogens is 2. The lowest BCUT2D eigenvalue weighted by molar-refractivity contribution is -0.142. The zero-order chi connectivity index (χ0) is 23.3. The Balaban J connectivity index is 2.24. The first kappa shape index (κ1) is 25.0. The summed E-state index contributed by atoms with van der Waals surface area (Å²) in [4.78, 5) is 27.4. The number of rotatable bonds is 7. The summed E-state index contributed by atoms with van der Waals surface area (Å²) in [7, 11) is 0. The number of carbonyl (C=O) groups excluding carboxylic acids is 2. The van der Waals surface area contributed by atoms with Crippen molar-refractivity contribution in [2.75, 3.05) is 6.61 Å². The first-order valence-electron chi connectivity index (χ1n) is 10.1. The monoisotopic (exact) mass is 464 g/mol. The second-order valence-electron chi connectivity index (χ2n) is 8.78. The van der Waals surface area contributed by atoms with Crippen LogP contribution in [0.5, 0.6) is 5.75 Å². The maximum atomic E-state index is 13.1. The van der Waals surface area contributed by atoms with Gasteiger partial charge in [-0.2, -0.15) is 0 Å². The summed E-state index contributed by atoms with van der Waals surface area (Å²) in [6, 6.07) is 10.1. The molecule has 0 fully saturated rings. The van der Waals surface area contributed by atoms with Crippen molar-refractivity contribution in [3.63, 3.8) is 0 Å². The predicted octanol–water partition coefficient (Wildman–Crippen LogP) is 5.32. The Hall–Kier alpha value is -2.24. The predicted molar refractivity (Wildman–Crippen MR) is 126 cm³/mol. The van der Waals surface area contributed by atoms with Crippen molar-refractivity contribution in [1.82, 2.24) is 10.2 Å². The lowest BCUT2D eigenvalue weighted by atomic mass is 10.1. The summed E-state index contributed by atoms with van der Waals surface area (Å²) in [5.41, 5.74) is 2.37. The van der Waals surface area contributed by atoms with Gasteiger partial charge >= 0.3 is 0 Å². The van der Waals surface area contributed by atoms with E-state index in [9.17, 15) is 9.59 Å². The van der Waals surface area contributed by atoms with Crippen molar-refractivity contribution in [2.24, 2.45) is 0 Å². The summed E-state index contributed by atoms with van der Waals surface area (Å²) in [6.45, 7) is 11.3. The van der Waals surface area contributed by atoms with Gasteiger partial charge in [-0.1, -0.05) is 35.3 Å². The third-order valence-electron chi connectivity index (χ3n) is 4.58. The van der Waals surface area contributed by atoms with Crippen molar-refractivity contribution in [3.05, 3.63) is 63.1 Å². The lowest BCUT2D eigenvalue weighted by Crippen LogP contribution is -2.53. The van der Waals surface area contributed by atoms with E-state index in [4.69, 9.17) is 27.9 Å². The number of carbonyl (C=O) groups is 2. The lowest BCUT2D eigenvalue weighted by Gasteiger charge is -2.31. The number of hydrogen-bond donors (Lipinski definition) is 1. The van der Waals surface area contributed by atoms with Gasteiger partial charge in [-0.25, -0.2) is 0 Å². The normalized spacial score (nSPS) is 12.3. The van der Waals surface area contributed by atoms with Crippen LogP contribution in [0, 0.1) is 13.8 Å². The number of nitrogens with zero attached hydrogens (tertiary/aromatic N) is 1. The molecule has 0 unspecified atom stereocenters. The van der Waals surface area contributed by atoms with Crippen molar-refractivity contribution < 1.29 is 14.3 Å². The Morgan fingerprint density at radius 1 is 1.06 bits per heavy atom. The molecule has 0 spiro atoms. The molecular weight excluding hydrogens is 435 g/mol. The minimum Gasteiger partial charge on any atom is -0.484 e. The first-order chi connectivity index (χ1) is 14.4. The molecule has 0 aliphatic rings. The van der Waals surface area contributed by atoms with Crippen LogP contribution >= 0.6 is 23.2 Å². The van der Waals surface area contributed by atoms with Crippen molar-refractivity contribution in [1.29, 1.82) is 0 Å². The molecule has 0 saturated heterocycles. The maximum absolute atomic E-state index is 13.1. The molecule has 1 atom stereocenters. The third kappa shape index (κ3) is 7.75. The second-order valence-corrected chi connectivity index (χ2v) is 9.63. The molecule has 2 aromatic carbocycles. The van der Waals surface area contributed by atoms with E-state index < -0.39 is 11.6 Å². The fourth-order valence-corrected chi connectivity index (χ4v) is 3.60. The third-order valence-corrected chi connectivity index (χ3v) is 5.17. The number of aryl methyl sites for hydroxylation is 2. The van der Waals surface area contributed by atoms with Crippen LogP contribution in [0.1, 0.15) is 44.4 Å². The van der Waals surface area contributed by atoms with E-state index in [1.807, 2.05) is 52.8 Å². The number of nitrogens with one attached hydrogen (secondary N) is 1. The molecule has 2 aromatic rings. The number of amides is 2. The summed E-state index contributed by atoms with van der Waals surface area (Å²) in [5, 5.41) is 3.86. The number of hydrogen-bond acceptors (Lipinski definition) is 3. The average molecular weight is 465 g/mol. The highest BCUT2D eigenvalue weighted by Crippen LogP contribution is 2.24. The Morgan fingerprint density at radius 3 is 2.23 bits per heavy atom. The van der Waals surface area contributed by atoms with Crippen LogP contribution < -0.4 is 10.1 Å². The van der Waals surface area contributed by atoms with Gasteiger partial charge in [-0.15, -0.1) is 0 Å². The fraction of sp³-hybridized carbons (Fsp3) is 0.417. The van der Waals surface area contributed by atoms with Gasteiger partial charge in [0.1, 0.15) is 11.8 Å². The van der Waals surface area contributed by atoms with E-state index in [2.05, 4.69) is 5.32 Å². The van der Waals surface area contributed by atoms with Crippen LogP contribution in [0.15, 0.2) is 36.4 Å². The molecule has 0 bridgehead atoms. The summed E-state index contributed by atoms with van der Waals surface area (Å²) >= 11 is 12.3. The maximum Gasteiger partial charge on any atom is 0.261 e. The molecule has 7 heteroatoms. The molecule has 31 heavy (non-hydrogen) atoms. The molecule has 5 nitrogen and oxygen atoms in total. The molecular formula is C24H30Cl2N2O3. The largest absolute Gasteiger partial charge is 0.484 e. The molecule has 0 radical (unpaired) electrons. The van der Waals surface area contributed by atoms with Gasteiger partial charge in [0.05, 0.1) is 0 Å². The smallest absolute Gasteiger partial charge is 0.261 e. The Labute approximate surface area is 194 Å².